The van der Waals surface area contributed by atoms with E-state index in [1.807, 2.05) is 30.4 Å². The Kier molecular flexibility index (Phi) is 8.78. The second-order valence-corrected chi connectivity index (χ2v) is 7.25. The molecule has 1 saturated carbocycles. The van der Waals surface area contributed by atoms with Crippen LogP contribution in [0.2, 0.25) is 0 Å². The van der Waals surface area contributed by atoms with E-state index in [1.165, 1.54) is 0 Å². The van der Waals surface area contributed by atoms with Crippen LogP contribution in [0, 0.1) is 11.8 Å². The molecule has 1 amide bonds. The smallest absolute Gasteiger partial charge is 0.217 e. The fourth-order valence-corrected chi connectivity index (χ4v) is 3.57. The second kappa shape index (κ2) is 11.1. The van der Waals surface area contributed by atoms with Crippen LogP contribution in [0.1, 0.15) is 44.3 Å². The summed E-state index contributed by atoms with van der Waals surface area (Å²) in [5.41, 5.74) is 5.11. The summed E-state index contributed by atoms with van der Waals surface area (Å²) in [7, 11) is 0. The topological polar surface area (TPSA) is 117 Å². The highest BCUT2D eigenvalue weighted by atomic mass is 16.3. The van der Waals surface area contributed by atoms with Crippen LogP contribution in [0.4, 0.5) is 0 Å². The normalized spacial score (nSPS) is 26.9. The maximum atomic E-state index is 10.7. The Balaban J connectivity index is 1.81. The van der Waals surface area contributed by atoms with Crippen LogP contribution in [-0.2, 0) is 11.2 Å². The maximum Gasteiger partial charge on any atom is 0.217 e. The van der Waals surface area contributed by atoms with Gasteiger partial charge in [-0.05, 0) is 43.7 Å². The zero-order valence-electron chi connectivity index (χ0n) is 15.6. The minimum Gasteiger partial charge on any atom is -0.469 e. The number of aliphatic hydroxyl groups is 3. The zero-order chi connectivity index (χ0) is 19.6. The Labute approximate surface area is 160 Å². The third-order valence-electron chi connectivity index (χ3n) is 5.11. The highest BCUT2D eigenvalue weighted by molar-refractivity contribution is 5.73. The van der Waals surface area contributed by atoms with Crippen molar-refractivity contribution in [3.63, 3.8) is 0 Å². The van der Waals surface area contributed by atoms with Gasteiger partial charge in [0.05, 0.1) is 24.6 Å². The molecule has 6 nitrogen and oxygen atoms in total. The standard InChI is InChI=1S/C21H31NO5/c22-21(26)8-4-2-1-3-7-17-18(20(25)14-19(17)24)12-10-15(23)9-11-16-6-5-13-27-16/h1,3,5-6,10,12-13,15,17-20,23-25H,2,4,7-9,11,14H2,(H2,22,26). The Hall–Kier alpha value is -1.89. The molecule has 1 heterocycles. The highest BCUT2D eigenvalue weighted by Gasteiger charge is 2.39. The van der Waals surface area contributed by atoms with Gasteiger partial charge in [0, 0.05) is 25.2 Å². The van der Waals surface area contributed by atoms with Crippen LogP contribution in [0.5, 0.6) is 0 Å². The van der Waals surface area contributed by atoms with E-state index in [1.54, 1.807) is 12.3 Å². The molecule has 27 heavy (non-hydrogen) atoms. The van der Waals surface area contributed by atoms with Crippen LogP contribution in [-0.4, -0.2) is 39.5 Å². The van der Waals surface area contributed by atoms with Gasteiger partial charge in [0.25, 0.3) is 0 Å². The summed E-state index contributed by atoms with van der Waals surface area (Å²) in [6, 6.07) is 3.69. The Morgan fingerprint density at radius 1 is 1.33 bits per heavy atom. The van der Waals surface area contributed by atoms with Gasteiger partial charge in [0.2, 0.25) is 5.91 Å². The third-order valence-corrected chi connectivity index (χ3v) is 5.11. The van der Waals surface area contributed by atoms with Gasteiger partial charge in [0.15, 0.2) is 0 Å². The van der Waals surface area contributed by atoms with E-state index in [0.29, 0.717) is 38.5 Å². The molecular weight excluding hydrogens is 346 g/mol. The molecule has 1 aromatic heterocycles. The van der Waals surface area contributed by atoms with Crippen LogP contribution in [0.3, 0.4) is 0 Å². The second-order valence-electron chi connectivity index (χ2n) is 7.25. The van der Waals surface area contributed by atoms with Gasteiger partial charge >= 0.3 is 0 Å². The first kappa shape index (κ1) is 21.4. The van der Waals surface area contributed by atoms with Gasteiger partial charge in [-0.3, -0.25) is 4.79 Å². The Bertz CT molecular complexity index is 610. The van der Waals surface area contributed by atoms with E-state index in [4.69, 9.17) is 10.2 Å². The highest BCUT2D eigenvalue weighted by Crippen LogP contribution is 2.36. The predicted molar refractivity (Wildman–Crippen MR) is 103 cm³/mol. The average Bonchev–Trinajstić information content (AvgIpc) is 3.22. The fourth-order valence-electron chi connectivity index (χ4n) is 3.57. The fraction of sp³-hybridized carbons (Fsp3) is 0.571. The number of allylic oxidation sites excluding steroid dienone is 2. The van der Waals surface area contributed by atoms with Crippen molar-refractivity contribution in [2.24, 2.45) is 17.6 Å². The molecule has 2 rings (SSSR count). The molecule has 0 spiro atoms. The predicted octanol–water partition coefficient (Wildman–Crippen LogP) is 2.09. The van der Waals surface area contributed by atoms with E-state index in [-0.39, 0.29) is 17.7 Å². The number of aliphatic hydroxyl groups excluding tert-OH is 3. The minimum absolute atomic E-state index is 0.0825. The molecule has 1 fully saturated rings. The SMILES string of the molecule is NC(=O)CCCC=CCC1C(O)CC(O)C1C=CC(O)CCc1ccco1. The van der Waals surface area contributed by atoms with Crippen LogP contribution in [0.15, 0.2) is 47.1 Å². The van der Waals surface area contributed by atoms with E-state index in [0.717, 1.165) is 12.2 Å². The number of unbranched alkanes of at least 4 members (excludes halogenated alkanes) is 1. The number of carbonyl (C=O) groups excluding carboxylic acids is 1. The lowest BCUT2D eigenvalue weighted by atomic mass is 9.89. The van der Waals surface area contributed by atoms with Gasteiger partial charge in [0.1, 0.15) is 5.76 Å². The first-order chi connectivity index (χ1) is 13.0. The number of aryl methyl sites for hydroxylation is 1. The van der Waals surface area contributed by atoms with Gasteiger partial charge < -0.3 is 25.5 Å². The van der Waals surface area contributed by atoms with Gasteiger partial charge in [-0.15, -0.1) is 0 Å². The van der Waals surface area contributed by atoms with Crippen molar-refractivity contribution in [2.75, 3.05) is 0 Å². The molecule has 0 aliphatic heterocycles. The number of amides is 1. The molecule has 1 aliphatic carbocycles. The molecule has 1 aliphatic rings. The third kappa shape index (κ3) is 7.33. The molecule has 150 valence electrons. The van der Waals surface area contributed by atoms with Crippen molar-refractivity contribution in [3.8, 4) is 0 Å². The molecule has 0 bridgehead atoms. The molecule has 6 heteroatoms. The maximum absolute atomic E-state index is 10.7. The van der Waals surface area contributed by atoms with Crippen molar-refractivity contribution >= 4 is 5.91 Å². The Morgan fingerprint density at radius 3 is 2.85 bits per heavy atom. The van der Waals surface area contributed by atoms with Crippen LogP contribution < -0.4 is 5.73 Å². The van der Waals surface area contributed by atoms with Gasteiger partial charge in [-0.1, -0.05) is 24.3 Å². The van der Waals surface area contributed by atoms with Crippen molar-refractivity contribution in [2.45, 2.75) is 63.3 Å². The average molecular weight is 377 g/mol. The van der Waals surface area contributed by atoms with Gasteiger partial charge in [-0.25, -0.2) is 0 Å². The molecule has 5 atom stereocenters. The van der Waals surface area contributed by atoms with Crippen molar-refractivity contribution < 1.29 is 24.5 Å². The quantitative estimate of drug-likeness (QED) is 0.348. The number of hydrogen-bond donors (Lipinski definition) is 4. The summed E-state index contributed by atoms with van der Waals surface area (Å²) in [6.45, 7) is 0. The summed E-state index contributed by atoms with van der Waals surface area (Å²) in [6.07, 6.45) is 11.4. The molecule has 5 unspecified atom stereocenters. The lowest BCUT2D eigenvalue weighted by Gasteiger charge is -2.19. The summed E-state index contributed by atoms with van der Waals surface area (Å²) < 4.78 is 5.25. The number of primary amides is 1. The monoisotopic (exact) mass is 377 g/mol. The number of carbonyl (C=O) groups is 1. The van der Waals surface area contributed by atoms with E-state index >= 15 is 0 Å². The summed E-state index contributed by atoms with van der Waals surface area (Å²) >= 11 is 0. The lowest BCUT2D eigenvalue weighted by Crippen LogP contribution is -2.20. The summed E-state index contributed by atoms with van der Waals surface area (Å²) in [5, 5.41) is 30.6. The van der Waals surface area contributed by atoms with Gasteiger partial charge in [-0.2, -0.15) is 0 Å². The summed E-state index contributed by atoms with van der Waals surface area (Å²) in [5.74, 6) is 0.265. The first-order valence-corrected chi connectivity index (χ1v) is 9.65. The largest absolute Gasteiger partial charge is 0.469 e. The number of furan rings is 1. The molecular formula is C21H31NO5. The van der Waals surface area contributed by atoms with Crippen LogP contribution >= 0.6 is 0 Å². The van der Waals surface area contributed by atoms with Crippen LogP contribution in [0.25, 0.3) is 0 Å². The van der Waals surface area contributed by atoms with Crippen molar-refractivity contribution in [3.05, 3.63) is 48.5 Å². The molecule has 5 N–H and O–H groups in total. The lowest BCUT2D eigenvalue weighted by molar-refractivity contribution is -0.118. The van der Waals surface area contributed by atoms with Crippen molar-refractivity contribution in [1.82, 2.24) is 0 Å². The number of rotatable bonds is 11. The molecule has 0 aromatic carbocycles. The molecule has 0 radical (unpaired) electrons. The van der Waals surface area contributed by atoms with Crippen molar-refractivity contribution in [1.29, 1.82) is 0 Å². The zero-order valence-corrected chi connectivity index (χ0v) is 15.6. The van der Waals surface area contributed by atoms with E-state index < -0.39 is 18.3 Å². The van der Waals surface area contributed by atoms with E-state index in [9.17, 15) is 20.1 Å². The Morgan fingerprint density at radius 2 is 2.15 bits per heavy atom. The first-order valence-electron chi connectivity index (χ1n) is 9.65. The minimum atomic E-state index is -0.620. The number of nitrogens with two attached hydrogens (primary N) is 1. The van der Waals surface area contributed by atoms with E-state index in [2.05, 4.69) is 0 Å². The molecule has 0 saturated heterocycles. The summed E-state index contributed by atoms with van der Waals surface area (Å²) in [4.78, 5) is 10.7. The number of hydrogen-bond acceptors (Lipinski definition) is 5. The molecule has 1 aromatic rings.